The fraction of sp³-hybridized carbons (Fsp3) is 0.316. The number of ether oxygens (including phenoxy) is 2. The molecule has 0 spiro atoms. The van der Waals surface area contributed by atoms with Crippen LogP contribution in [0, 0.1) is 12.7 Å². The van der Waals surface area contributed by atoms with Gasteiger partial charge in [-0.05, 0) is 30.7 Å². The molecule has 0 saturated carbocycles. The summed E-state index contributed by atoms with van der Waals surface area (Å²) in [6.07, 6.45) is 0. The molecular weight excluding hydrogens is 486 g/mol. The average molecular weight is 509 g/mol. The molecule has 0 aromatic heterocycles. The Kier molecular flexibility index (Phi) is 9.91. The Labute approximate surface area is 179 Å². The minimum Gasteiger partial charge on any atom is -0.494 e. The predicted octanol–water partition coefficient (Wildman–Crippen LogP) is 4.23. The Morgan fingerprint density at radius 1 is 1.07 bits per heavy atom. The van der Waals surface area contributed by atoms with Crippen LogP contribution in [0.3, 0.4) is 0 Å². The van der Waals surface area contributed by atoms with E-state index in [1.54, 1.807) is 31.3 Å². The maximum atomic E-state index is 13.7. The van der Waals surface area contributed by atoms with Crippen LogP contribution in [0.5, 0.6) is 11.5 Å². The Hall–Kier alpha value is -2.17. The van der Waals surface area contributed by atoms with E-state index in [9.17, 15) is 13.2 Å². The van der Waals surface area contributed by atoms with Crippen LogP contribution in [0.2, 0.25) is 0 Å². The number of nitrogens with zero attached hydrogens (tertiary/aromatic N) is 1. The molecule has 0 radical (unpaired) electrons. The fourth-order valence-electron chi connectivity index (χ4n) is 2.46. The van der Waals surface area contributed by atoms with Crippen molar-refractivity contribution in [1.82, 2.24) is 10.6 Å². The summed E-state index contributed by atoms with van der Waals surface area (Å²) in [6.45, 7) is -0.468. The summed E-state index contributed by atoms with van der Waals surface area (Å²) in [4.78, 5) is 4.07. The van der Waals surface area contributed by atoms with Crippen LogP contribution in [0.4, 0.5) is 13.2 Å². The van der Waals surface area contributed by atoms with Crippen molar-refractivity contribution in [1.29, 1.82) is 0 Å². The van der Waals surface area contributed by atoms with Gasteiger partial charge in [0, 0.05) is 25.7 Å². The molecule has 0 aliphatic heterocycles. The Bertz CT molecular complexity index is 804. The molecule has 0 saturated heterocycles. The topological polar surface area (TPSA) is 54.9 Å². The number of guanidine groups is 1. The number of hydrogen-bond donors (Lipinski definition) is 2. The van der Waals surface area contributed by atoms with Gasteiger partial charge in [0.15, 0.2) is 17.5 Å². The minimum absolute atomic E-state index is 0. The van der Waals surface area contributed by atoms with Gasteiger partial charge in [-0.2, -0.15) is 8.78 Å². The van der Waals surface area contributed by atoms with E-state index < -0.39 is 12.4 Å². The molecule has 154 valence electrons. The van der Waals surface area contributed by atoms with E-state index in [-0.39, 0.29) is 42.0 Å². The summed E-state index contributed by atoms with van der Waals surface area (Å²) in [7, 11) is 2.98. The van der Waals surface area contributed by atoms with Gasteiger partial charge in [0.2, 0.25) is 0 Å². The zero-order valence-electron chi connectivity index (χ0n) is 15.8. The van der Waals surface area contributed by atoms with Crippen LogP contribution >= 0.6 is 24.0 Å². The number of aryl methyl sites for hydroxylation is 1. The number of methoxy groups -OCH3 is 1. The number of rotatable bonds is 7. The second kappa shape index (κ2) is 11.6. The predicted molar refractivity (Wildman–Crippen MR) is 113 cm³/mol. The van der Waals surface area contributed by atoms with Crippen molar-refractivity contribution in [2.24, 2.45) is 4.99 Å². The second-order valence-corrected chi connectivity index (χ2v) is 5.74. The molecular formula is C19H23F3IN3O2. The maximum absolute atomic E-state index is 13.7. The standard InChI is InChI=1S/C19H22F3N3O2.HI/c1-12-4-6-16(27-18(21)22)14(8-12)11-25-19(23-2)24-10-13-5-7-17(26-3)15(20)9-13;/h4-9,18H,10-11H2,1-3H3,(H2,23,24,25);1H. The first-order chi connectivity index (χ1) is 12.9. The van der Waals surface area contributed by atoms with Gasteiger partial charge in [0.25, 0.3) is 0 Å². The van der Waals surface area contributed by atoms with Crippen molar-refractivity contribution in [2.45, 2.75) is 26.6 Å². The quantitative estimate of drug-likeness (QED) is 0.334. The number of alkyl halides is 2. The largest absolute Gasteiger partial charge is 0.494 e. The zero-order chi connectivity index (χ0) is 19.8. The molecule has 0 bridgehead atoms. The Morgan fingerprint density at radius 2 is 1.75 bits per heavy atom. The first-order valence-electron chi connectivity index (χ1n) is 8.24. The molecule has 2 rings (SSSR count). The summed E-state index contributed by atoms with van der Waals surface area (Å²) >= 11 is 0. The molecule has 2 aromatic carbocycles. The number of benzene rings is 2. The average Bonchev–Trinajstić information content (AvgIpc) is 2.63. The normalized spacial score (nSPS) is 11.0. The van der Waals surface area contributed by atoms with Crippen LogP contribution in [0.25, 0.3) is 0 Å². The van der Waals surface area contributed by atoms with E-state index in [2.05, 4.69) is 20.4 Å². The molecule has 0 aliphatic rings. The van der Waals surface area contributed by atoms with Crippen molar-refractivity contribution in [3.63, 3.8) is 0 Å². The summed E-state index contributed by atoms with van der Waals surface area (Å²) in [6, 6.07) is 9.62. The maximum Gasteiger partial charge on any atom is 0.387 e. The fourth-order valence-corrected chi connectivity index (χ4v) is 2.46. The van der Waals surface area contributed by atoms with Crippen molar-refractivity contribution in [3.05, 3.63) is 58.9 Å². The van der Waals surface area contributed by atoms with Gasteiger partial charge in [-0.15, -0.1) is 24.0 Å². The van der Waals surface area contributed by atoms with E-state index in [4.69, 9.17) is 4.74 Å². The Morgan fingerprint density at radius 3 is 2.36 bits per heavy atom. The molecule has 0 heterocycles. The molecule has 0 unspecified atom stereocenters. The van der Waals surface area contributed by atoms with Crippen LogP contribution in [-0.4, -0.2) is 26.7 Å². The number of aliphatic imine (C=N–C) groups is 1. The zero-order valence-corrected chi connectivity index (χ0v) is 18.1. The van der Waals surface area contributed by atoms with Crippen LogP contribution in [0.15, 0.2) is 41.4 Å². The molecule has 2 aromatic rings. The van der Waals surface area contributed by atoms with Crippen LogP contribution < -0.4 is 20.1 Å². The van der Waals surface area contributed by atoms with Crippen LogP contribution in [0.1, 0.15) is 16.7 Å². The van der Waals surface area contributed by atoms with E-state index >= 15 is 0 Å². The SMILES string of the molecule is CN=C(NCc1ccc(OC)c(F)c1)NCc1cc(C)ccc1OC(F)F.I. The summed E-state index contributed by atoms with van der Waals surface area (Å²) in [5.41, 5.74) is 2.20. The smallest absolute Gasteiger partial charge is 0.387 e. The van der Waals surface area contributed by atoms with Gasteiger partial charge < -0.3 is 20.1 Å². The lowest BCUT2D eigenvalue weighted by Crippen LogP contribution is -2.36. The molecule has 0 atom stereocenters. The van der Waals surface area contributed by atoms with Gasteiger partial charge in [0.05, 0.1) is 7.11 Å². The highest BCUT2D eigenvalue weighted by Gasteiger charge is 2.11. The third-order valence-corrected chi connectivity index (χ3v) is 3.78. The van der Waals surface area contributed by atoms with E-state index in [0.29, 0.717) is 23.6 Å². The van der Waals surface area contributed by atoms with Crippen molar-refractivity contribution < 1.29 is 22.6 Å². The lowest BCUT2D eigenvalue weighted by molar-refractivity contribution is -0.0504. The van der Waals surface area contributed by atoms with Crippen LogP contribution in [-0.2, 0) is 13.1 Å². The molecule has 2 N–H and O–H groups in total. The molecule has 5 nitrogen and oxygen atoms in total. The third kappa shape index (κ3) is 7.10. The van der Waals surface area contributed by atoms with Gasteiger partial charge in [-0.25, -0.2) is 4.39 Å². The first-order valence-corrected chi connectivity index (χ1v) is 8.24. The molecule has 28 heavy (non-hydrogen) atoms. The minimum atomic E-state index is -2.89. The van der Waals surface area contributed by atoms with Gasteiger partial charge in [0.1, 0.15) is 5.75 Å². The first kappa shape index (κ1) is 23.9. The van der Waals surface area contributed by atoms with E-state index in [1.165, 1.54) is 19.2 Å². The molecule has 0 amide bonds. The monoisotopic (exact) mass is 509 g/mol. The molecule has 9 heteroatoms. The lowest BCUT2D eigenvalue weighted by Gasteiger charge is -2.15. The van der Waals surface area contributed by atoms with Crippen molar-refractivity contribution >= 4 is 29.9 Å². The Balaban J connectivity index is 0.00000392. The van der Waals surface area contributed by atoms with E-state index in [1.807, 2.05) is 6.92 Å². The van der Waals surface area contributed by atoms with Gasteiger partial charge in [-0.3, -0.25) is 4.99 Å². The lowest BCUT2D eigenvalue weighted by atomic mass is 10.1. The summed E-state index contributed by atoms with van der Waals surface area (Å²) < 4.78 is 48.3. The van der Waals surface area contributed by atoms with Crippen molar-refractivity contribution in [3.8, 4) is 11.5 Å². The van der Waals surface area contributed by atoms with E-state index in [0.717, 1.165) is 5.56 Å². The highest BCUT2D eigenvalue weighted by molar-refractivity contribution is 14.0. The second-order valence-electron chi connectivity index (χ2n) is 5.74. The highest BCUT2D eigenvalue weighted by atomic mass is 127. The summed E-state index contributed by atoms with van der Waals surface area (Å²) in [5.74, 6) is 0.270. The number of nitrogens with one attached hydrogen (secondary N) is 2. The number of hydrogen-bond acceptors (Lipinski definition) is 3. The van der Waals surface area contributed by atoms with Crippen molar-refractivity contribution in [2.75, 3.05) is 14.2 Å². The number of halogens is 4. The highest BCUT2D eigenvalue weighted by Crippen LogP contribution is 2.22. The molecule has 0 fully saturated rings. The van der Waals surface area contributed by atoms with Gasteiger partial charge >= 0.3 is 6.61 Å². The van der Waals surface area contributed by atoms with Gasteiger partial charge in [-0.1, -0.05) is 23.8 Å². The summed E-state index contributed by atoms with van der Waals surface area (Å²) in [5, 5.41) is 6.07. The molecule has 0 aliphatic carbocycles. The third-order valence-electron chi connectivity index (χ3n) is 3.78.